The Kier molecular flexibility index (Phi) is 4.77. The van der Waals surface area contributed by atoms with E-state index in [1.807, 2.05) is 0 Å². The number of primary amides is 1. The maximum atomic E-state index is 12.4. The van der Waals surface area contributed by atoms with Crippen molar-refractivity contribution < 1.29 is 14.5 Å². The largest absolute Gasteiger partial charge is 0.390 e. The Balaban J connectivity index is 1.81. The SMILES string of the molecule is Cc1cc([N+](=O)[O-])nn1CC(=O)Nc1sc2c(c1C(N)=O)CC[C@H](C)C2. The van der Waals surface area contributed by atoms with Crippen molar-refractivity contribution in [1.82, 2.24) is 9.78 Å². The zero-order chi connectivity index (χ0) is 19.0. The number of carbonyl (C=O) groups excluding carboxylic acids is 2. The summed E-state index contributed by atoms with van der Waals surface area (Å²) < 4.78 is 1.26. The molecule has 26 heavy (non-hydrogen) atoms. The van der Waals surface area contributed by atoms with E-state index in [1.54, 1.807) is 6.92 Å². The lowest BCUT2D eigenvalue weighted by Crippen LogP contribution is -2.22. The van der Waals surface area contributed by atoms with Crippen LogP contribution in [-0.4, -0.2) is 26.5 Å². The smallest absolute Gasteiger partial charge is 0.365 e. The summed E-state index contributed by atoms with van der Waals surface area (Å²) in [5, 5.41) is 17.7. The second-order valence-corrected chi connectivity index (χ2v) is 7.63. The third kappa shape index (κ3) is 3.45. The molecule has 1 atom stereocenters. The molecule has 10 heteroatoms. The van der Waals surface area contributed by atoms with Gasteiger partial charge in [-0.25, -0.2) is 0 Å². The Morgan fingerprint density at radius 2 is 2.27 bits per heavy atom. The van der Waals surface area contributed by atoms with Gasteiger partial charge < -0.3 is 21.2 Å². The molecule has 0 saturated carbocycles. The fourth-order valence-corrected chi connectivity index (χ4v) is 4.58. The maximum Gasteiger partial charge on any atom is 0.390 e. The number of carbonyl (C=O) groups is 2. The molecule has 1 aliphatic rings. The zero-order valence-electron chi connectivity index (χ0n) is 14.4. The first-order valence-corrected chi connectivity index (χ1v) is 9.01. The highest BCUT2D eigenvalue weighted by Gasteiger charge is 2.27. The van der Waals surface area contributed by atoms with E-state index in [1.165, 1.54) is 22.1 Å². The molecule has 0 saturated heterocycles. The lowest BCUT2D eigenvalue weighted by atomic mass is 9.88. The van der Waals surface area contributed by atoms with Crippen molar-refractivity contribution in [1.29, 1.82) is 0 Å². The number of amides is 2. The molecule has 0 aliphatic heterocycles. The second-order valence-electron chi connectivity index (χ2n) is 6.53. The number of hydrogen-bond donors (Lipinski definition) is 2. The monoisotopic (exact) mass is 377 g/mol. The summed E-state index contributed by atoms with van der Waals surface area (Å²) in [6.45, 7) is 3.60. The molecule has 9 nitrogen and oxygen atoms in total. The van der Waals surface area contributed by atoms with Crippen LogP contribution in [0.2, 0.25) is 0 Å². The number of nitro groups is 1. The Labute approximate surface area is 153 Å². The van der Waals surface area contributed by atoms with Crippen LogP contribution < -0.4 is 11.1 Å². The Morgan fingerprint density at radius 1 is 1.54 bits per heavy atom. The van der Waals surface area contributed by atoms with Gasteiger partial charge in [-0.2, -0.15) is 4.68 Å². The molecule has 1 aliphatic carbocycles. The molecule has 0 spiro atoms. The van der Waals surface area contributed by atoms with Gasteiger partial charge in [0.05, 0.1) is 22.4 Å². The minimum Gasteiger partial charge on any atom is -0.365 e. The highest BCUT2D eigenvalue weighted by molar-refractivity contribution is 7.17. The summed E-state index contributed by atoms with van der Waals surface area (Å²) in [6, 6.07) is 1.30. The van der Waals surface area contributed by atoms with E-state index in [0.717, 1.165) is 29.7 Å². The van der Waals surface area contributed by atoms with Crippen molar-refractivity contribution in [3.8, 4) is 0 Å². The Morgan fingerprint density at radius 3 is 2.88 bits per heavy atom. The van der Waals surface area contributed by atoms with Crippen LogP contribution >= 0.6 is 11.3 Å². The van der Waals surface area contributed by atoms with E-state index >= 15 is 0 Å². The second kappa shape index (κ2) is 6.87. The molecule has 0 radical (unpaired) electrons. The molecule has 3 N–H and O–H groups in total. The van der Waals surface area contributed by atoms with Crippen LogP contribution in [0, 0.1) is 23.0 Å². The average molecular weight is 377 g/mol. The molecular weight excluding hydrogens is 358 g/mol. The first-order chi connectivity index (χ1) is 12.3. The lowest BCUT2D eigenvalue weighted by Gasteiger charge is -2.18. The van der Waals surface area contributed by atoms with E-state index in [-0.39, 0.29) is 12.4 Å². The molecule has 2 amide bonds. The number of thiophene rings is 1. The highest BCUT2D eigenvalue weighted by atomic mass is 32.1. The molecule has 138 valence electrons. The fraction of sp³-hybridized carbons (Fsp3) is 0.438. The fourth-order valence-electron chi connectivity index (χ4n) is 3.14. The van der Waals surface area contributed by atoms with E-state index in [4.69, 9.17) is 5.73 Å². The highest BCUT2D eigenvalue weighted by Crippen LogP contribution is 2.39. The van der Waals surface area contributed by atoms with Crippen molar-refractivity contribution in [3.63, 3.8) is 0 Å². The van der Waals surface area contributed by atoms with Crippen molar-refractivity contribution >= 4 is 34.0 Å². The number of fused-ring (bicyclic) bond motifs is 1. The number of aryl methyl sites for hydroxylation is 1. The quantitative estimate of drug-likeness (QED) is 0.607. The zero-order valence-corrected chi connectivity index (χ0v) is 15.3. The number of anilines is 1. The summed E-state index contributed by atoms with van der Waals surface area (Å²) >= 11 is 1.38. The van der Waals surface area contributed by atoms with Crippen molar-refractivity contribution in [2.24, 2.45) is 11.7 Å². The molecule has 2 aromatic rings. The molecule has 3 rings (SSSR count). The minimum atomic E-state index is -0.610. The van der Waals surface area contributed by atoms with Crippen molar-refractivity contribution in [3.05, 3.63) is 37.9 Å². The standard InChI is InChI=1S/C16H19N5O4S/c1-8-3-4-10-11(5-8)26-16(14(10)15(17)23)18-13(22)7-20-9(2)6-12(19-20)21(24)25/h6,8H,3-5,7H2,1-2H3,(H2,17,23)(H,18,22)/t8-/m0/s1. The Bertz CT molecular complexity index is 901. The van der Waals surface area contributed by atoms with Crippen molar-refractivity contribution in [2.75, 3.05) is 5.32 Å². The van der Waals surface area contributed by atoms with E-state index in [0.29, 0.717) is 22.2 Å². The van der Waals surface area contributed by atoms with Crippen LogP contribution in [0.25, 0.3) is 0 Å². The minimum absolute atomic E-state index is 0.184. The molecule has 0 aromatic carbocycles. The van der Waals surface area contributed by atoms with Gasteiger partial charge in [0.2, 0.25) is 5.91 Å². The van der Waals surface area contributed by atoms with Crippen LogP contribution in [0.3, 0.4) is 0 Å². The van der Waals surface area contributed by atoms with Crippen molar-refractivity contribution in [2.45, 2.75) is 39.7 Å². The number of hydrogen-bond acceptors (Lipinski definition) is 6. The molecular formula is C16H19N5O4S. The van der Waals surface area contributed by atoms with Gasteiger partial charge in [0.25, 0.3) is 5.91 Å². The van der Waals surface area contributed by atoms with Crippen LogP contribution in [-0.2, 0) is 24.2 Å². The number of rotatable bonds is 5. The summed E-state index contributed by atoms with van der Waals surface area (Å²) in [6.07, 6.45) is 2.61. The van der Waals surface area contributed by atoms with Gasteiger partial charge in [-0.3, -0.25) is 9.59 Å². The van der Waals surface area contributed by atoms with Gasteiger partial charge in [-0.1, -0.05) is 6.92 Å². The van der Waals surface area contributed by atoms with E-state index in [9.17, 15) is 19.7 Å². The van der Waals surface area contributed by atoms with Gasteiger partial charge in [-0.15, -0.1) is 11.3 Å². The number of nitrogens with one attached hydrogen (secondary N) is 1. The van der Waals surface area contributed by atoms with Gasteiger partial charge in [0, 0.05) is 4.88 Å². The average Bonchev–Trinajstić information content (AvgIpc) is 3.07. The number of aromatic nitrogens is 2. The first kappa shape index (κ1) is 18.1. The lowest BCUT2D eigenvalue weighted by molar-refractivity contribution is -0.389. The summed E-state index contributed by atoms with van der Waals surface area (Å²) in [4.78, 5) is 35.5. The normalized spacial score (nSPS) is 16.2. The van der Waals surface area contributed by atoms with Gasteiger partial charge in [-0.05, 0) is 42.6 Å². The molecule has 0 bridgehead atoms. The molecule has 2 aromatic heterocycles. The van der Waals surface area contributed by atoms with E-state index in [2.05, 4.69) is 17.3 Å². The summed E-state index contributed by atoms with van der Waals surface area (Å²) in [7, 11) is 0. The molecule has 2 heterocycles. The third-order valence-corrected chi connectivity index (χ3v) is 5.63. The summed E-state index contributed by atoms with van der Waals surface area (Å²) in [5.41, 5.74) is 7.35. The first-order valence-electron chi connectivity index (χ1n) is 8.19. The van der Waals surface area contributed by atoms with Gasteiger partial charge in [0.15, 0.2) is 0 Å². The van der Waals surface area contributed by atoms with Crippen LogP contribution in [0.5, 0.6) is 0 Å². The molecule has 0 unspecified atom stereocenters. The van der Waals surface area contributed by atoms with Gasteiger partial charge in [0.1, 0.15) is 11.5 Å². The van der Waals surface area contributed by atoms with Crippen LogP contribution in [0.1, 0.15) is 39.8 Å². The topological polar surface area (TPSA) is 133 Å². The third-order valence-electron chi connectivity index (χ3n) is 4.46. The van der Waals surface area contributed by atoms with Gasteiger partial charge >= 0.3 is 5.82 Å². The summed E-state index contributed by atoms with van der Waals surface area (Å²) in [5.74, 6) is -0.759. The predicted octanol–water partition coefficient (Wildman–Crippen LogP) is 2.02. The van der Waals surface area contributed by atoms with Crippen LogP contribution in [0.15, 0.2) is 6.07 Å². The van der Waals surface area contributed by atoms with Crippen LogP contribution in [0.4, 0.5) is 10.8 Å². The Hall–Kier alpha value is -2.75. The van der Waals surface area contributed by atoms with E-state index < -0.39 is 16.7 Å². The number of nitrogens with two attached hydrogens (primary N) is 1. The maximum absolute atomic E-state index is 12.4. The predicted molar refractivity (Wildman–Crippen MR) is 96.3 cm³/mol. The molecule has 0 fully saturated rings. The number of nitrogens with zero attached hydrogens (tertiary/aromatic N) is 3.